The first kappa shape index (κ1) is 22.8. The number of methoxy groups -OCH3 is 1. The fourth-order valence-corrected chi connectivity index (χ4v) is 3.77. The summed E-state index contributed by atoms with van der Waals surface area (Å²) in [5, 5.41) is 4.84. The molecule has 0 fully saturated rings. The Hall–Kier alpha value is -4.40. The molecule has 0 unspecified atom stereocenters. The molecule has 9 heteroatoms. The van der Waals surface area contributed by atoms with E-state index >= 15 is 0 Å². The van der Waals surface area contributed by atoms with E-state index in [-0.39, 0.29) is 12.5 Å². The second-order valence-electron chi connectivity index (χ2n) is 7.72. The molecular weight excluding hydrogens is 436 g/mol. The van der Waals surface area contributed by atoms with Crippen molar-refractivity contribution in [2.24, 2.45) is 0 Å². The summed E-state index contributed by atoms with van der Waals surface area (Å²) in [5.41, 5.74) is 3.17. The van der Waals surface area contributed by atoms with Crippen LogP contribution in [0.2, 0.25) is 0 Å². The number of amides is 4. The number of rotatable bonds is 9. The zero-order chi connectivity index (χ0) is 23.9. The lowest BCUT2D eigenvalue weighted by Crippen LogP contribution is -2.42. The number of nitrogens with one attached hydrogen (secondary N) is 2. The number of fused-ring (bicyclic) bond motifs is 1. The molecule has 174 valence electrons. The molecule has 0 saturated carbocycles. The summed E-state index contributed by atoms with van der Waals surface area (Å²) in [5.74, 6) is 1.12. The minimum Gasteiger partial charge on any atom is -0.497 e. The number of carbonyl (C=O) groups is 3. The molecule has 1 aliphatic rings. The molecule has 1 aromatic heterocycles. The molecule has 34 heavy (non-hydrogen) atoms. The molecule has 2 N–H and O–H groups in total. The number of nitrogens with zero attached hydrogens (tertiary/aromatic N) is 2. The summed E-state index contributed by atoms with van der Waals surface area (Å²) in [6.07, 6.45) is 3.75. The van der Waals surface area contributed by atoms with E-state index in [0.717, 1.165) is 16.7 Å². The number of urea groups is 1. The molecule has 0 bridgehead atoms. The first-order valence-electron chi connectivity index (χ1n) is 10.7. The third-order valence-corrected chi connectivity index (χ3v) is 5.50. The minimum absolute atomic E-state index is 0.145. The molecule has 0 radical (unpaired) electrons. The van der Waals surface area contributed by atoms with Gasteiger partial charge in [-0.1, -0.05) is 24.3 Å². The van der Waals surface area contributed by atoms with Crippen LogP contribution < -0.4 is 20.1 Å². The smallest absolute Gasteiger partial charge is 0.321 e. The lowest BCUT2D eigenvalue weighted by atomic mass is 10.1. The van der Waals surface area contributed by atoms with Gasteiger partial charge in [0.15, 0.2) is 0 Å². The lowest BCUT2D eigenvalue weighted by molar-refractivity contribution is -0.108. The highest BCUT2D eigenvalue weighted by molar-refractivity contribution is 5.98. The quantitative estimate of drug-likeness (QED) is 0.475. The number of pyridine rings is 1. The number of imide groups is 1. The summed E-state index contributed by atoms with van der Waals surface area (Å²) in [6.45, 7) is 1.01. The molecule has 0 aliphatic carbocycles. The Balaban J connectivity index is 1.48. The van der Waals surface area contributed by atoms with Crippen LogP contribution in [-0.4, -0.2) is 41.9 Å². The monoisotopic (exact) mass is 460 g/mol. The van der Waals surface area contributed by atoms with Gasteiger partial charge >= 0.3 is 6.03 Å². The highest BCUT2D eigenvalue weighted by Crippen LogP contribution is 2.29. The van der Waals surface area contributed by atoms with Crippen LogP contribution in [0.15, 0.2) is 67.0 Å². The van der Waals surface area contributed by atoms with E-state index in [1.807, 2.05) is 36.4 Å². The van der Waals surface area contributed by atoms with Crippen LogP contribution in [-0.2, 0) is 17.9 Å². The first-order chi connectivity index (χ1) is 16.6. The normalized spacial score (nSPS) is 13.1. The average Bonchev–Trinajstić information content (AvgIpc) is 3.17. The maximum atomic E-state index is 13.0. The molecule has 3 aromatic rings. The largest absolute Gasteiger partial charge is 0.497 e. The number of benzene rings is 2. The number of aromatic nitrogens is 1. The van der Waals surface area contributed by atoms with Crippen LogP contribution in [0, 0.1) is 0 Å². The highest BCUT2D eigenvalue weighted by atomic mass is 16.5. The van der Waals surface area contributed by atoms with Gasteiger partial charge < -0.3 is 19.7 Å². The Morgan fingerprint density at radius 1 is 1.18 bits per heavy atom. The average molecular weight is 460 g/mol. The van der Waals surface area contributed by atoms with Crippen molar-refractivity contribution < 1.29 is 23.9 Å². The zero-order valence-electron chi connectivity index (χ0n) is 18.6. The molecule has 1 atom stereocenters. The third kappa shape index (κ3) is 5.32. The Kier molecular flexibility index (Phi) is 7.02. The second kappa shape index (κ2) is 10.5. The van der Waals surface area contributed by atoms with Crippen molar-refractivity contribution >= 4 is 18.3 Å². The molecule has 2 heterocycles. The Labute approximate surface area is 196 Å². The topological polar surface area (TPSA) is 110 Å². The predicted octanol–water partition coefficient (Wildman–Crippen LogP) is 2.82. The third-order valence-electron chi connectivity index (χ3n) is 5.50. The summed E-state index contributed by atoms with van der Waals surface area (Å²) in [4.78, 5) is 41.5. The summed E-state index contributed by atoms with van der Waals surface area (Å²) in [6, 6.07) is 15.2. The standard InChI is InChI=1S/C25H24N4O5/c1-33-21-9-6-19-13-29(24(31)22(19)11-21)14-23(28-25(32)27-16-30)18-4-7-20(8-5-18)34-15-17-3-2-10-26-12-17/h2-12,16,23H,13-15H2,1H3,(H2,27,28,30,32)/t23-/m0/s1. The summed E-state index contributed by atoms with van der Waals surface area (Å²) < 4.78 is 11.0. The molecule has 9 nitrogen and oxygen atoms in total. The van der Waals surface area contributed by atoms with Crippen LogP contribution in [0.1, 0.15) is 33.1 Å². The number of ether oxygens (including phenoxy) is 2. The fourth-order valence-electron chi connectivity index (χ4n) is 3.77. The van der Waals surface area contributed by atoms with E-state index in [9.17, 15) is 14.4 Å². The van der Waals surface area contributed by atoms with Crippen LogP contribution in [0.25, 0.3) is 0 Å². The molecule has 0 saturated heterocycles. The highest BCUT2D eigenvalue weighted by Gasteiger charge is 2.30. The van der Waals surface area contributed by atoms with Crippen molar-refractivity contribution in [3.63, 3.8) is 0 Å². The molecular formula is C25H24N4O5. The second-order valence-corrected chi connectivity index (χ2v) is 7.72. The van der Waals surface area contributed by atoms with Gasteiger partial charge in [-0.25, -0.2) is 4.79 Å². The van der Waals surface area contributed by atoms with Crippen LogP contribution in [0.4, 0.5) is 4.79 Å². The van der Waals surface area contributed by atoms with E-state index in [1.165, 1.54) is 0 Å². The van der Waals surface area contributed by atoms with Gasteiger partial charge in [0.2, 0.25) is 6.41 Å². The zero-order valence-corrected chi connectivity index (χ0v) is 18.6. The maximum absolute atomic E-state index is 13.0. The van der Waals surface area contributed by atoms with Crippen molar-refractivity contribution in [3.05, 3.63) is 89.2 Å². The molecule has 0 spiro atoms. The van der Waals surface area contributed by atoms with E-state index in [0.29, 0.717) is 36.6 Å². The number of carbonyl (C=O) groups excluding carboxylic acids is 3. The van der Waals surface area contributed by atoms with Gasteiger partial charge in [-0.15, -0.1) is 0 Å². The van der Waals surface area contributed by atoms with Crippen molar-refractivity contribution in [2.45, 2.75) is 19.2 Å². The van der Waals surface area contributed by atoms with Crippen molar-refractivity contribution in [2.75, 3.05) is 13.7 Å². The van der Waals surface area contributed by atoms with E-state index in [1.54, 1.807) is 42.6 Å². The van der Waals surface area contributed by atoms with Crippen LogP contribution >= 0.6 is 0 Å². The first-order valence-corrected chi connectivity index (χ1v) is 10.7. The van der Waals surface area contributed by atoms with Gasteiger partial charge in [0.05, 0.1) is 13.2 Å². The number of hydrogen-bond donors (Lipinski definition) is 2. The maximum Gasteiger partial charge on any atom is 0.321 e. The molecule has 4 amide bonds. The van der Waals surface area contributed by atoms with Gasteiger partial charge in [-0.2, -0.15) is 0 Å². The Morgan fingerprint density at radius 2 is 1.97 bits per heavy atom. The van der Waals surface area contributed by atoms with Gasteiger partial charge in [-0.3, -0.25) is 19.9 Å². The number of hydrogen-bond acceptors (Lipinski definition) is 6. The minimum atomic E-state index is -0.650. The Bertz CT molecular complexity index is 1170. The Morgan fingerprint density at radius 3 is 2.68 bits per heavy atom. The van der Waals surface area contributed by atoms with Crippen molar-refractivity contribution in [3.8, 4) is 11.5 Å². The van der Waals surface area contributed by atoms with Gasteiger partial charge in [0.1, 0.15) is 18.1 Å². The lowest BCUT2D eigenvalue weighted by Gasteiger charge is -2.25. The molecule has 4 rings (SSSR count). The van der Waals surface area contributed by atoms with Crippen molar-refractivity contribution in [1.82, 2.24) is 20.5 Å². The SMILES string of the molecule is COc1ccc2c(c1)C(=O)N(C[C@H](NC(=O)NC=O)c1ccc(OCc3cccnc3)cc1)C2. The predicted molar refractivity (Wildman–Crippen MR) is 123 cm³/mol. The molecule has 1 aliphatic heterocycles. The van der Waals surface area contributed by atoms with Crippen LogP contribution in [0.5, 0.6) is 11.5 Å². The van der Waals surface area contributed by atoms with Gasteiger partial charge in [-0.05, 0) is 41.5 Å². The fraction of sp³-hybridized carbons (Fsp3) is 0.200. The van der Waals surface area contributed by atoms with Gasteiger partial charge in [0, 0.05) is 36.6 Å². The van der Waals surface area contributed by atoms with E-state index in [2.05, 4.69) is 15.6 Å². The van der Waals surface area contributed by atoms with Crippen molar-refractivity contribution in [1.29, 1.82) is 0 Å². The van der Waals surface area contributed by atoms with Gasteiger partial charge in [0.25, 0.3) is 5.91 Å². The summed E-state index contributed by atoms with van der Waals surface area (Å²) >= 11 is 0. The van der Waals surface area contributed by atoms with Crippen LogP contribution in [0.3, 0.4) is 0 Å². The van der Waals surface area contributed by atoms with E-state index < -0.39 is 12.1 Å². The molecule has 2 aromatic carbocycles. The van der Waals surface area contributed by atoms with E-state index in [4.69, 9.17) is 9.47 Å². The summed E-state index contributed by atoms with van der Waals surface area (Å²) in [7, 11) is 1.55.